The summed E-state index contributed by atoms with van der Waals surface area (Å²) in [7, 11) is 0. The number of hydrogen-bond donors (Lipinski definition) is 0. The van der Waals surface area contributed by atoms with Gasteiger partial charge in [-0.15, -0.1) is 11.3 Å². The van der Waals surface area contributed by atoms with Crippen LogP contribution in [0.1, 0.15) is 5.56 Å². The maximum Gasteiger partial charge on any atom is 0.271 e. The molecule has 0 bridgehead atoms. The van der Waals surface area contributed by atoms with E-state index < -0.39 is 4.92 Å². The maximum absolute atomic E-state index is 13.0. The van der Waals surface area contributed by atoms with E-state index in [-0.39, 0.29) is 23.2 Å². The van der Waals surface area contributed by atoms with Crippen LogP contribution >= 0.6 is 23.1 Å². The van der Waals surface area contributed by atoms with Crippen molar-refractivity contribution in [1.82, 2.24) is 4.98 Å². The second-order valence-electron chi connectivity index (χ2n) is 6.16. The van der Waals surface area contributed by atoms with Gasteiger partial charge in [-0.2, -0.15) is 0 Å². The predicted molar refractivity (Wildman–Crippen MR) is 107 cm³/mol. The molecule has 0 N–H and O–H groups in total. The first-order chi connectivity index (χ1) is 13.5. The zero-order valence-corrected chi connectivity index (χ0v) is 16.1. The van der Waals surface area contributed by atoms with E-state index in [0.29, 0.717) is 18.7 Å². The summed E-state index contributed by atoms with van der Waals surface area (Å²) in [6, 6.07) is 10.7. The van der Waals surface area contributed by atoms with Gasteiger partial charge in [-0.3, -0.25) is 14.9 Å². The Bertz CT molecular complexity index is 1050. The fourth-order valence-corrected chi connectivity index (χ4v) is 4.73. The molecule has 142 valence electrons. The Labute approximate surface area is 168 Å². The molecule has 0 spiro atoms. The molecule has 0 aliphatic carbocycles. The lowest BCUT2D eigenvalue weighted by molar-refractivity contribution is -0.384. The molecule has 0 atom stereocenters. The molecular weight excluding hydrogens is 401 g/mol. The van der Waals surface area contributed by atoms with Gasteiger partial charge in [0.2, 0.25) is 5.91 Å². The maximum atomic E-state index is 13.0. The summed E-state index contributed by atoms with van der Waals surface area (Å²) in [6.07, 6.45) is 0.690. The summed E-state index contributed by atoms with van der Waals surface area (Å²) in [5, 5.41) is 12.9. The fourth-order valence-electron chi connectivity index (χ4n) is 3.02. The number of aromatic nitrogens is 1. The molecule has 0 unspecified atom stereocenters. The molecule has 0 saturated heterocycles. The number of rotatable bonds is 5. The zero-order chi connectivity index (χ0) is 19.7. The average molecular weight is 415 g/mol. The van der Waals surface area contributed by atoms with E-state index >= 15 is 0 Å². The third-order valence-electron chi connectivity index (χ3n) is 4.42. The number of carbonyl (C=O) groups is 1. The first-order valence-corrected chi connectivity index (χ1v) is 10.3. The Balaban J connectivity index is 1.43. The highest BCUT2D eigenvalue weighted by Crippen LogP contribution is 2.33. The summed E-state index contributed by atoms with van der Waals surface area (Å²) >= 11 is 2.75. The predicted octanol–water partition coefficient (Wildman–Crippen LogP) is 4.54. The number of thiazole rings is 1. The van der Waals surface area contributed by atoms with Crippen molar-refractivity contribution in [3.63, 3.8) is 0 Å². The Morgan fingerprint density at radius 3 is 2.82 bits per heavy atom. The third-order valence-corrected chi connectivity index (χ3v) is 6.42. The van der Waals surface area contributed by atoms with Gasteiger partial charge in [-0.25, -0.2) is 9.37 Å². The number of thioether (sulfide) groups is 1. The highest BCUT2D eigenvalue weighted by Gasteiger charge is 2.26. The number of nitro groups is 1. The Hall–Kier alpha value is -2.78. The van der Waals surface area contributed by atoms with Gasteiger partial charge in [0.15, 0.2) is 4.34 Å². The molecule has 2 aromatic carbocycles. The average Bonchev–Trinajstić information content (AvgIpc) is 3.33. The minimum absolute atomic E-state index is 0.0185. The summed E-state index contributed by atoms with van der Waals surface area (Å²) in [5.41, 5.74) is 3.09. The second-order valence-corrected chi connectivity index (χ2v) is 8.24. The van der Waals surface area contributed by atoms with Crippen LogP contribution in [0.15, 0.2) is 52.2 Å². The minimum Gasteiger partial charge on any atom is -0.311 e. The minimum atomic E-state index is -0.456. The van der Waals surface area contributed by atoms with Crippen LogP contribution in [0.3, 0.4) is 0 Å². The van der Waals surface area contributed by atoms with Crippen LogP contribution in [-0.2, 0) is 11.2 Å². The summed E-state index contributed by atoms with van der Waals surface area (Å²) in [4.78, 5) is 29.3. The molecular formula is C19H14FN3O3S2. The van der Waals surface area contributed by atoms with E-state index in [1.54, 1.807) is 23.1 Å². The van der Waals surface area contributed by atoms with E-state index in [0.717, 1.165) is 21.2 Å². The van der Waals surface area contributed by atoms with Gasteiger partial charge in [-0.05, 0) is 36.2 Å². The number of non-ortho nitro benzene ring substituents is 1. The number of hydrogen-bond acceptors (Lipinski definition) is 6. The summed E-state index contributed by atoms with van der Waals surface area (Å²) in [5.74, 6) is -0.216. The lowest BCUT2D eigenvalue weighted by Crippen LogP contribution is -2.30. The smallest absolute Gasteiger partial charge is 0.271 e. The van der Waals surface area contributed by atoms with E-state index in [2.05, 4.69) is 4.98 Å². The quantitative estimate of drug-likeness (QED) is 0.347. The van der Waals surface area contributed by atoms with Crippen molar-refractivity contribution in [2.75, 3.05) is 17.2 Å². The van der Waals surface area contributed by atoms with Crippen LogP contribution in [0.25, 0.3) is 11.3 Å². The Morgan fingerprint density at radius 1 is 1.29 bits per heavy atom. The number of nitrogens with zero attached hydrogens (tertiary/aromatic N) is 3. The van der Waals surface area contributed by atoms with Crippen molar-refractivity contribution in [3.8, 4) is 11.3 Å². The van der Waals surface area contributed by atoms with Crippen molar-refractivity contribution in [2.45, 2.75) is 10.8 Å². The van der Waals surface area contributed by atoms with Crippen molar-refractivity contribution in [2.24, 2.45) is 0 Å². The van der Waals surface area contributed by atoms with E-state index in [4.69, 9.17) is 0 Å². The van der Waals surface area contributed by atoms with Crippen LogP contribution in [0, 0.1) is 15.9 Å². The van der Waals surface area contributed by atoms with E-state index in [9.17, 15) is 19.3 Å². The molecule has 0 radical (unpaired) electrons. The van der Waals surface area contributed by atoms with Gasteiger partial charge in [0.25, 0.3) is 5.69 Å². The van der Waals surface area contributed by atoms with Gasteiger partial charge < -0.3 is 4.90 Å². The van der Waals surface area contributed by atoms with E-state index in [1.165, 1.54) is 47.4 Å². The van der Waals surface area contributed by atoms with Crippen molar-refractivity contribution in [3.05, 3.63) is 69.3 Å². The fraction of sp³-hybridized carbons (Fsp3) is 0.158. The number of halogens is 1. The Morgan fingerprint density at radius 2 is 2.07 bits per heavy atom. The molecule has 2 heterocycles. The third kappa shape index (κ3) is 3.76. The lowest BCUT2D eigenvalue weighted by atomic mass is 10.1. The van der Waals surface area contributed by atoms with Crippen molar-refractivity contribution < 1.29 is 14.1 Å². The molecule has 9 heteroatoms. The van der Waals surface area contributed by atoms with E-state index in [1.807, 2.05) is 5.38 Å². The first-order valence-electron chi connectivity index (χ1n) is 8.43. The summed E-state index contributed by atoms with van der Waals surface area (Å²) < 4.78 is 13.8. The molecule has 3 aromatic rings. The van der Waals surface area contributed by atoms with Crippen LogP contribution in [0.5, 0.6) is 0 Å². The molecule has 0 fully saturated rings. The van der Waals surface area contributed by atoms with Gasteiger partial charge >= 0.3 is 0 Å². The van der Waals surface area contributed by atoms with Crippen LogP contribution in [0.4, 0.5) is 15.8 Å². The molecule has 0 saturated carbocycles. The molecule has 6 nitrogen and oxygen atoms in total. The van der Waals surface area contributed by atoms with Gasteiger partial charge in [0.05, 0.1) is 22.1 Å². The first kappa shape index (κ1) is 18.6. The number of fused-ring (bicyclic) bond motifs is 1. The van der Waals surface area contributed by atoms with Crippen LogP contribution < -0.4 is 4.90 Å². The highest BCUT2D eigenvalue weighted by molar-refractivity contribution is 8.01. The molecule has 4 rings (SSSR count). The molecule has 28 heavy (non-hydrogen) atoms. The van der Waals surface area contributed by atoms with Gasteiger partial charge in [0, 0.05) is 29.6 Å². The standard InChI is InChI=1S/C19H14FN3O3S2/c20-14-4-1-12(2-5-14)16-10-27-19(21-16)28-11-18(24)22-8-7-13-3-6-15(23(25)26)9-17(13)22/h1-6,9-10H,7-8,11H2. The molecule has 1 aliphatic heterocycles. The van der Waals surface area contributed by atoms with Crippen LogP contribution in [-0.4, -0.2) is 28.1 Å². The van der Waals surface area contributed by atoms with Crippen molar-refractivity contribution in [1.29, 1.82) is 0 Å². The number of carbonyl (C=O) groups excluding carboxylic acids is 1. The topological polar surface area (TPSA) is 76.3 Å². The van der Waals surface area contributed by atoms with Crippen molar-refractivity contribution >= 4 is 40.4 Å². The lowest BCUT2D eigenvalue weighted by Gasteiger charge is -2.16. The zero-order valence-electron chi connectivity index (χ0n) is 14.5. The number of amides is 1. The highest BCUT2D eigenvalue weighted by atomic mass is 32.2. The number of anilines is 1. The summed E-state index contributed by atoms with van der Waals surface area (Å²) in [6.45, 7) is 0.522. The molecule has 1 amide bonds. The normalized spacial score (nSPS) is 12.8. The number of benzene rings is 2. The van der Waals surface area contributed by atoms with Crippen LogP contribution in [0.2, 0.25) is 0 Å². The monoisotopic (exact) mass is 415 g/mol. The molecule has 1 aliphatic rings. The SMILES string of the molecule is O=C(CSc1nc(-c2ccc(F)cc2)cs1)N1CCc2ccc([N+](=O)[O-])cc21. The Kier molecular flexibility index (Phi) is 5.10. The second kappa shape index (κ2) is 7.69. The largest absolute Gasteiger partial charge is 0.311 e. The molecule has 1 aromatic heterocycles. The number of nitro benzene ring substituents is 1. The van der Waals surface area contributed by atoms with Gasteiger partial charge in [0.1, 0.15) is 5.82 Å². The van der Waals surface area contributed by atoms with Gasteiger partial charge in [-0.1, -0.05) is 17.8 Å².